The molecule has 0 saturated heterocycles. The van der Waals surface area contributed by atoms with Crippen LogP contribution < -0.4 is 0 Å². The largest absolute Gasteiger partial charge is 0.462 e. The van der Waals surface area contributed by atoms with Crippen molar-refractivity contribution in [2.24, 2.45) is 34.5 Å². The summed E-state index contributed by atoms with van der Waals surface area (Å²) in [5.41, 5.74) is 2.25. The van der Waals surface area contributed by atoms with Crippen molar-refractivity contribution in [2.75, 3.05) is 0 Å². The van der Waals surface area contributed by atoms with Crippen LogP contribution in [0.25, 0.3) is 0 Å². The second-order valence-electron chi connectivity index (χ2n) is 9.57. The van der Waals surface area contributed by atoms with Crippen molar-refractivity contribution in [1.82, 2.24) is 0 Å². The number of carbonyl (C=O) groups excluding carboxylic acids is 1. The Morgan fingerprint density at radius 2 is 2.00 bits per heavy atom. The van der Waals surface area contributed by atoms with Gasteiger partial charge in [0.1, 0.15) is 6.10 Å². The molecule has 0 aromatic rings. The van der Waals surface area contributed by atoms with Crippen LogP contribution in [0.15, 0.2) is 11.6 Å². The predicted octanol–water partition coefficient (Wildman–Crippen LogP) is 5.13. The van der Waals surface area contributed by atoms with E-state index < -0.39 is 0 Å². The number of rotatable bonds is 1. The van der Waals surface area contributed by atoms with Gasteiger partial charge in [-0.05, 0) is 73.5 Å². The molecule has 0 aromatic carbocycles. The molecule has 7 atom stereocenters. The van der Waals surface area contributed by atoms with E-state index in [0.29, 0.717) is 16.7 Å². The van der Waals surface area contributed by atoms with Crippen molar-refractivity contribution in [3.05, 3.63) is 11.6 Å². The molecule has 136 valence electrons. The van der Waals surface area contributed by atoms with Gasteiger partial charge in [0.2, 0.25) is 0 Å². The van der Waals surface area contributed by atoms with E-state index >= 15 is 0 Å². The quantitative estimate of drug-likeness (QED) is 0.376. The topological polar surface area (TPSA) is 26.3 Å². The lowest BCUT2D eigenvalue weighted by Crippen LogP contribution is -2.50. The van der Waals surface area contributed by atoms with Gasteiger partial charge in [-0.15, -0.1) is 12.3 Å². The fourth-order valence-corrected chi connectivity index (χ4v) is 7.24. The summed E-state index contributed by atoms with van der Waals surface area (Å²) >= 11 is 0. The van der Waals surface area contributed by atoms with Gasteiger partial charge in [0.25, 0.3) is 0 Å². The van der Waals surface area contributed by atoms with Crippen LogP contribution in [0.1, 0.15) is 72.1 Å². The Balaban J connectivity index is 1.59. The average Bonchev–Trinajstić information content (AvgIpc) is 2.91. The predicted molar refractivity (Wildman–Crippen MR) is 99.6 cm³/mol. The molecule has 0 aromatic heterocycles. The molecule has 0 unspecified atom stereocenters. The summed E-state index contributed by atoms with van der Waals surface area (Å²) in [4.78, 5) is 11.3. The van der Waals surface area contributed by atoms with Crippen molar-refractivity contribution >= 4 is 5.97 Å². The van der Waals surface area contributed by atoms with Gasteiger partial charge >= 0.3 is 5.97 Å². The summed E-state index contributed by atoms with van der Waals surface area (Å²) in [7, 11) is 0. The van der Waals surface area contributed by atoms with E-state index in [1.807, 2.05) is 0 Å². The van der Waals surface area contributed by atoms with Gasteiger partial charge in [0, 0.05) is 19.3 Å². The number of esters is 1. The number of terminal acetylenes is 1. The molecule has 0 radical (unpaired) electrons. The molecule has 0 bridgehead atoms. The number of hydrogen-bond donors (Lipinski definition) is 0. The summed E-state index contributed by atoms with van der Waals surface area (Å²) in [6.07, 6.45) is 18.0. The highest BCUT2D eigenvalue weighted by Gasteiger charge is 2.58. The molecule has 3 fully saturated rings. The lowest BCUT2D eigenvalue weighted by molar-refractivity contribution is -0.148. The Bertz CT molecular complexity index is 641. The van der Waals surface area contributed by atoms with Crippen LogP contribution in [-0.2, 0) is 9.53 Å². The molecule has 25 heavy (non-hydrogen) atoms. The maximum atomic E-state index is 11.3. The standard InChI is InChI=1S/C23H32O2/c1-5-16-7-9-20-19-8-6-17-14-18(25-15(2)24)10-12-23(17,4)21(19)11-13-22(16,20)3/h1,6,16,18-21H,7-14H2,2-4H3/t16-,18+,19+,20+,21+,22-,23+/m1/s1. The van der Waals surface area contributed by atoms with Crippen LogP contribution in [0.3, 0.4) is 0 Å². The smallest absolute Gasteiger partial charge is 0.302 e. The van der Waals surface area contributed by atoms with Crippen LogP contribution in [0.2, 0.25) is 0 Å². The number of fused-ring (bicyclic) bond motifs is 5. The lowest BCUT2D eigenvalue weighted by atomic mass is 9.47. The van der Waals surface area contributed by atoms with Crippen LogP contribution in [0, 0.1) is 46.8 Å². The van der Waals surface area contributed by atoms with Crippen molar-refractivity contribution < 1.29 is 9.53 Å². The molecule has 0 amide bonds. The van der Waals surface area contributed by atoms with Gasteiger partial charge in [-0.1, -0.05) is 25.5 Å². The van der Waals surface area contributed by atoms with Crippen molar-refractivity contribution in [2.45, 2.75) is 78.2 Å². The second kappa shape index (κ2) is 5.90. The molecule has 4 aliphatic rings. The molecule has 4 rings (SSSR count). The highest BCUT2D eigenvalue weighted by Crippen LogP contribution is 2.66. The number of hydrogen-bond acceptors (Lipinski definition) is 2. The van der Waals surface area contributed by atoms with Crippen molar-refractivity contribution in [3.8, 4) is 12.3 Å². The number of ether oxygens (including phenoxy) is 1. The monoisotopic (exact) mass is 340 g/mol. The van der Waals surface area contributed by atoms with Crippen LogP contribution >= 0.6 is 0 Å². The first-order valence-electron chi connectivity index (χ1n) is 10.2. The first kappa shape index (κ1) is 17.2. The molecule has 2 nitrogen and oxygen atoms in total. The highest BCUT2D eigenvalue weighted by atomic mass is 16.5. The third-order valence-corrected chi connectivity index (χ3v) is 8.59. The Hall–Kier alpha value is -1.23. The third kappa shape index (κ3) is 2.49. The molecule has 4 aliphatic carbocycles. The van der Waals surface area contributed by atoms with E-state index in [0.717, 1.165) is 30.6 Å². The zero-order chi connectivity index (χ0) is 17.8. The van der Waals surface area contributed by atoms with Crippen molar-refractivity contribution in [1.29, 1.82) is 0 Å². The van der Waals surface area contributed by atoms with E-state index in [-0.39, 0.29) is 12.1 Å². The summed E-state index contributed by atoms with van der Waals surface area (Å²) in [5.74, 6) is 5.86. The normalized spacial score (nSPS) is 48.4. The molecular weight excluding hydrogens is 308 g/mol. The fraction of sp³-hybridized carbons (Fsp3) is 0.783. The van der Waals surface area contributed by atoms with Gasteiger partial charge < -0.3 is 4.74 Å². The molecule has 0 aliphatic heterocycles. The first-order valence-corrected chi connectivity index (χ1v) is 10.2. The molecule has 0 N–H and O–H groups in total. The van der Waals surface area contributed by atoms with Gasteiger partial charge in [-0.2, -0.15) is 0 Å². The summed E-state index contributed by atoms with van der Waals surface area (Å²) in [6.45, 7) is 6.50. The van der Waals surface area contributed by atoms with E-state index in [1.54, 1.807) is 5.57 Å². The van der Waals surface area contributed by atoms with Crippen LogP contribution in [-0.4, -0.2) is 12.1 Å². The molecule has 0 heterocycles. The lowest BCUT2D eigenvalue weighted by Gasteiger charge is -2.57. The Kier molecular flexibility index (Phi) is 4.06. The SMILES string of the molecule is C#C[C@@H]1CC[C@H]2[C@@H]3CC=C4C[C@@H](OC(C)=O)CC[C@]4(C)[C@H]3CC[C@]12C. The molecule has 2 heteroatoms. The first-order chi connectivity index (χ1) is 11.9. The van der Waals surface area contributed by atoms with E-state index in [1.165, 1.54) is 45.4 Å². The molecule has 3 saturated carbocycles. The molecule has 0 spiro atoms. The minimum Gasteiger partial charge on any atom is -0.462 e. The number of carbonyl (C=O) groups is 1. The molecular formula is C23H32O2. The minimum atomic E-state index is -0.136. The van der Waals surface area contributed by atoms with Crippen molar-refractivity contribution in [3.63, 3.8) is 0 Å². The zero-order valence-electron chi connectivity index (χ0n) is 16.0. The summed E-state index contributed by atoms with van der Waals surface area (Å²) < 4.78 is 5.53. The summed E-state index contributed by atoms with van der Waals surface area (Å²) in [6, 6.07) is 0. The summed E-state index contributed by atoms with van der Waals surface area (Å²) in [5, 5.41) is 0. The average molecular weight is 341 g/mol. The Labute approximate surface area is 152 Å². The van der Waals surface area contributed by atoms with Crippen LogP contribution in [0.5, 0.6) is 0 Å². The number of allylic oxidation sites excluding steroid dienone is 1. The maximum absolute atomic E-state index is 11.3. The van der Waals surface area contributed by atoms with E-state index in [2.05, 4.69) is 25.8 Å². The van der Waals surface area contributed by atoms with Gasteiger partial charge in [0.15, 0.2) is 0 Å². The second-order valence-corrected chi connectivity index (χ2v) is 9.57. The van der Waals surface area contributed by atoms with E-state index in [9.17, 15) is 4.79 Å². The fourth-order valence-electron chi connectivity index (χ4n) is 7.24. The Morgan fingerprint density at radius 3 is 2.72 bits per heavy atom. The van der Waals surface area contributed by atoms with Gasteiger partial charge in [-0.3, -0.25) is 4.79 Å². The Morgan fingerprint density at radius 1 is 1.20 bits per heavy atom. The maximum Gasteiger partial charge on any atom is 0.302 e. The zero-order valence-corrected chi connectivity index (χ0v) is 16.0. The van der Waals surface area contributed by atoms with E-state index in [4.69, 9.17) is 11.2 Å². The third-order valence-electron chi connectivity index (χ3n) is 8.59. The van der Waals surface area contributed by atoms with Gasteiger partial charge in [-0.25, -0.2) is 0 Å². The van der Waals surface area contributed by atoms with Crippen LogP contribution in [0.4, 0.5) is 0 Å². The minimum absolute atomic E-state index is 0.0968. The van der Waals surface area contributed by atoms with Gasteiger partial charge in [0.05, 0.1) is 0 Å². The highest BCUT2D eigenvalue weighted by molar-refractivity contribution is 5.66.